The molecule has 0 atom stereocenters. The molecule has 0 aliphatic heterocycles. The van der Waals surface area contributed by atoms with Gasteiger partial charge in [-0.2, -0.15) is 0 Å². The minimum atomic E-state index is -0.847. The lowest BCUT2D eigenvalue weighted by Crippen LogP contribution is -2.53. The normalized spacial score (nSPS) is 16.9. The number of hydrogen-bond acceptors (Lipinski definition) is 1. The summed E-state index contributed by atoms with van der Waals surface area (Å²) in [5.74, 6) is 0. The fraction of sp³-hybridized carbons (Fsp3) is 0.533. The highest BCUT2D eigenvalue weighted by atomic mass is 79.9. The summed E-state index contributed by atoms with van der Waals surface area (Å²) in [6, 6.07) is 5.67. The largest absolute Gasteiger partial charge is 0.465 e. The molecule has 0 saturated heterocycles. The average molecular weight is 361 g/mol. The molecule has 110 valence electrons. The average Bonchev–Trinajstić information content (AvgIpc) is 3.00. The molecule has 0 aromatic heterocycles. The first-order valence-electron chi connectivity index (χ1n) is 6.63. The Hall–Kier alpha value is -0.740. The Morgan fingerprint density at radius 1 is 1.45 bits per heavy atom. The van der Waals surface area contributed by atoms with E-state index in [1.807, 2.05) is 39.0 Å². The molecule has 5 heteroatoms. The van der Waals surface area contributed by atoms with Crippen LogP contribution in [0.4, 0.5) is 4.79 Å². The van der Waals surface area contributed by atoms with Gasteiger partial charge in [-0.3, -0.25) is 4.90 Å². The topological polar surface area (TPSA) is 40.5 Å². The van der Waals surface area contributed by atoms with E-state index >= 15 is 0 Å². The van der Waals surface area contributed by atoms with Crippen molar-refractivity contribution in [2.45, 2.75) is 51.1 Å². The van der Waals surface area contributed by atoms with Crippen molar-refractivity contribution in [1.29, 1.82) is 0 Å². The molecule has 1 aromatic rings. The van der Waals surface area contributed by atoms with Gasteiger partial charge in [-0.25, -0.2) is 4.79 Å². The predicted octanol–water partition coefficient (Wildman–Crippen LogP) is 4.96. The van der Waals surface area contributed by atoms with Crippen LogP contribution in [0.15, 0.2) is 22.7 Å². The second-order valence-electron chi connectivity index (χ2n) is 6.43. The number of amides is 1. The van der Waals surface area contributed by atoms with Crippen LogP contribution >= 0.6 is 27.5 Å². The molecular weight excluding hydrogens is 342 g/mol. The van der Waals surface area contributed by atoms with Gasteiger partial charge in [0.15, 0.2) is 0 Å². The number of halogens is 2. The summed E-state index contributed by atoms with van der Waals surface area (Å²) in [4.78, 5) is 13.3. The zero-order chi connectivity index (χ0) is 15.1. The van der Waals surface area contributed by atoms with Crippen molar-refractivity contribution in [3.05, 3.63) is 33.3 Å². The maximum atomic E-state index is 11.7. The lowest BCUT2D eigenvalue weighted by Gasteiger charge is -2.40. The van der Waals surface area contributed by atoms with E-state index < -0.39 is 11.6 Å². The van der Waals surface area contributed by atoms with E-state index in [1.165, 1.54) is 0 Å². The van der Waals surface area contributed by atoms with Crippen molar-refractivity contribution in [2.75, 3.05) is 0 Å². The zero-order valence-corrected chi connectivity index (χ0v) is 14.3. The van der Waals surface area contributed by atoms with Crippen LogP contribution in [0.5, 0.6) is 0 Å². The second-order valence-corrected chi connectivity index (χ2v) is 7.72. The number of rotatable bonds is 3. The van der Waals surface area contributed by atoms with E-state index in [1.54, 1.807) is 4.90 Å². The van der Waals surface area contributed by atoms with Gasteiger partial charge in [0.1, 0.15) is 0 Å². The van der Waals surface area contributed by atoms with Crippen LogP contribution in [-0.2, 0) is 6.42 Å². The molecular formula is C15H19BrClNO2. The highest BCUT2D eigenvalue weighted by Crippen LogP contribution is 2.48. The fourth-order valence-electron chi connectivity index (χ4n) is 2.84. The molecule has 1 aliphatic carbocycles. The standard InChI is InChI=1S/C15H19BrClNO2/c1-14(2,3)18(13(19)20)15(6-7-15)9-10-4-5-11(17)8-12(10)16/h4-5,8H,6-7,9H2,1-3H3,(H,19,20). The second kappa shape index (κ2) is 5.23. The van der Waals surface area contributed by atoms with Crippen LogP contribution in [-0.4, -0.2) is 27.2 Å². The van der Waals surface area contributed by atoms with Gasteiger partial charge in [-0.05, 0) is 57.7 Å². The summed E-state index contributed by atoms with van der Waals surface area (Å²) < 4.78 is 0.940. The van der Waals surface area contributed by atoms with Crippen molar-refractivity contribution in [3.8, 4) is 0 Å². The first kappa shape index (κ1) is 15.6. The van der Waals surface area contributed by atoms with Gasteiger partial charge in [-0.1, -0.05) is 33.6 Å². The van der Waals surface area contributed by atoms with Crippen LogP contribution in [0.1, 0.15) is 39.2 Å². The summed E-state index contributed by atoms with van der Waals surface area (Å²) >= 11 is 9.47. The minimum Gasteiger partial charge on any atom is -0.465 e. The summed E-state index contributed by atoms with van der Waals surface area (Å²) in [5.41, 5.74) is 0.421. The molecule has 1 amide bonds. The maximum Gasteiger partial charge on any atom is 0.408 e. The van der Waals surface area contributed by atoms with E-state index in [0.29, 0.717) is 11.4 Å². The summed E-state index contributed by atoms with van der Waals surface area (Å²) in [6.45, 7) is 5.83. The van der Waals surface area contributed by atoms with Gasteiger partial charge in [0.25, 0.3) is 0 Å². The van der Waals surface area contributed by atoms with Crippen molar-refractivity contribution in [3.63, 3.8) is 0 Å². The van der Waals surface area contributed by atoms with E-state index in [2.05, 4.69) is 15.9 Å². The number of benzene rings is 1. The van der Waals surface area contributed by atoms with Gasteiger partial charge in [0, 0.05) is 15.0 Å². The molecule has 1 fully saturated rings. The molecule has 3 nitrogen and oxygen atoms in total. The van der Waals surface area contributed by atoms with Crippen LogP contribution in [0.2, 0.25) is 5.02 Å². The monoisotopic (exact) mass is 359 g/mol. The van der Waals surface area contributed by atoms with E-state index in [4.69, 9.17) is 11.6 Å². The Bertz CT molecular complexity index is 535. The molecule has 0 unspecified atom stereocenters. The van der Waals surface area contributed by atoms with Gasteiger partial charge >= 0.3 is 6.09 Å². The molecule has 20 heavy (non-hydrogen) atoms. The predicted molar refractivity (Wildman–Crippen MR) is 84.4 cm³/mol. The fourth-order valence-corrected chi connectivity index (χ4v) is 3.67. The van der Waals surface area contributed by atoms with Crippen molar-refractivity contribution >= 4 is 33.6 Å². The number of hydrogen-bond donors (Lipinski definition) is 1. The van der Waals surface area contributed by atoms with Gasteiger partial charge in [0.05, 0.1) is 5.54 Å². The van der Waals surface area contributed by atoms with Crippen LogP contribution < -0.4 is 0 Å². The van der Waals surface area contributed by atoms with Crippen LogP contribution in [0.3, 0.4) is 0 Å². The molecule has 0 radical (unpaired) electrons. The summed E-state index contributed by atoms with van der Waals surface area (Å²) in [7, 11) is 0. The highest BCUT2D eigenvalue weighted by molar-refractivity contribution is 9.10. The molecule has 0 bridgehead atoms. The molecule has 0 heterocycles. The Kier molecular flexibility index (Phi) is 4.09. The number of nitrogens with zero attached hydrogens (tertiary/aromatic N) is 1. The van der Waals surface area contributed by atoms with E-state index in [9.17, 15) is 9.90 Å². The third kappa shape index (κ3) is 3.12. The minimum absolute atomic E-state index is 0.277. The Morgan fingerprint density at radius 2 is 2.05 bits per heavy atom. The van der Waals surface area contributed by atoms with Crippen molar-refractivity contribution in [1.82, 2.24) is 4.90 Å². The van der Waals surface area contributed by atoms with Crippen LogP contribution in [0, 0.1) is 0 Å². The maximum absolute atomic E-state index is 11.7. The van der Waals surface area contributed by atoms with Crippen molar-refractivity contribution in [2.24, 2.45) is 0 Å². The zero-order valence-electron chi connectivity index (χ0n) is 11.9. The van der Waals surface area contributed by atoms with Crippen LogP contribution in [0.25, 0.3) is 0 Å². The summed E-state index contributed by atoms with van der Waals surface area (Å²) in [5, 5.41) is 10.2. The van der Waals surface area contributed by atoms with Gasteiger partial charge in [-0.15, -0.1) is 0 Å². The number of carboxylic acid groups (broad SMARTS) is 1. The van der Waals surface area contributed by atoms with Gasteiger partial charge in [0.2, 0.25) is 0 Å². The lowest BCUT2D eigenvalue weighted by atomic mass is 9.96. The summed E-state index contributed by atoms with van der Waals surface area (Å²) in [6.07, 6.45) is 1.69. The first-order chi connectivity index (χ1) is 9.16. The lowest BCUT2D eigenvalue weighted by molar-refractivity contribution is 0.0605. The smallest absolute Gasteiger partial charge is 0.408 e. The SMILES string of the molecule is CC(C)(C)N(C(=O)O)C1(Cc2ccc(Cl)cc2Br)CC1. The quantitative estimate of drug-likeness (QED) is 0.828. The highest BCUT2D eigenvalue weighted by Gasteiger charge is 2.54. The van der Waals surface area contributed by atoms with Crippen molar-refractivity contribution < 1.29 is 9.90 Å². The molecule has 0 spiro atoms. The molecule has 1 aromatic carbocycles. The van der Waals surface area contributed by atoms with E-state index in [-0.39, 0.29) is 5.54 Å². The third-order valence-corrected chi connectivity index (χ3v) is 4.67. The third-order valence-electron chi connectivity index (χ3n) is 3.70. The molecule has 2 rings (SSSR count). The molecule has 1 saturated carbocycles. The molecule has 1 N–H and O–H groups in total. The Balaban J connectivity index is 2.29. The Morgan fingerprint density at radius 3 is 2.45 bits per heavy atom. The first-order valence-corrected chi connectivity index (χ1v) is 7.80. The number of carbonyl (C=O) groups is 1. The molecule has 1 aliphatic rings. The van der Waals surface area contributed by atoms with Gasteiger partial charge < -0.3 is 5.11 Å². The Labute approximate surface area is 133 Å². The van der Waals surface area contributed by atoms with E-state index in [0.717, 1.165) is 22.9 Å².